The molecule has 2 rings (SSSR count). The second-order valence-electron chi connectivity index (χ2n) is 5.32. The minimum absolute atomic E-state index is 0.0719. The zero-order valence-electron chi connectivity index (χ0n) is 11.9. The number of hydrogen-bond donors (Lipinski definition) is 1. The van der Waals surface area contributed by atoms with E-state index in [1.165, 1.54) is 19.2 Å². The fourth-order valence-electron chi connectivity index (χ4n) is 2.63. The summed E-state index contributed by atoms with van der Waals surface area (Å²) in [5.41, 5.74) is 0.880. The lowest BCUT2D eigenvalue weighted by Crippen LogP contribution is -2.40. The van der Waals surface area contributed by atoms with Gasteiger partial charge in [-0.25, -0.2) is 9.18 Å². The number of carbonyl (C=O) groups is 1. The second-order valence-corrected chi connectivity index (χ2v) is 5.72. The molecule has 4 nitrogen and oxygen atoms in total. The number of nitrogens with zero attached hydrogens (tertiary/aromatic N) is 1. The number of halogens is 2. The Morgan fingerprint density at radius 3 is 2.76 bits per heavy atom. The van der Waals surface area contributed by atoms with Gasteiger partial charge in [-0.2, -0.15) is 0 Å². The number of piperidine rings is 1. The lowest BCUT2D eigenvalue weighted by Gasteiger charge is -2.33. The molecule has 1 unspecified atom stereocenters. The van der Waals surface area contributed by atoms with E-state index in [1.54, 1.807) is 6.07 Å². The van der Waals surface area contributed by atoms with Crippen LogP contribution in [0.4, 0.5) is 4.39 Å². The van der Waals surface area contributed by atoms with Gasteiger partial charge in [0.15, 0.2) is 6.10 Å². The molecule has 1 atom stereocenters. The van der Waals surface area contributed by atoms with Crippen LogP contribution in [-0.4, -0.2) is 42.3 Å². The summed E-state index contributed by atoms with van der Waals surface area (Å²) in [7, 11) is 1.28. The largest absolute Gasteiger partial charge is 0.467 e. The van der Waals surface area contributed by atoms with Crippen LogP contribution in [-0.2, 0) is 16.1 Å². The summed E-state index contributed by atoms with van der Waals surface area (Å²) in [5, 5.41) is 10.3. The van der Waals surface area contributed by atoms with E-state index in [0.29, 0.717) is 11.6 Å². The van der Waals surface area contributed by atoms with Crippen molar-refractivity contribution in [3.8, 4) is 0 Å². The molecule has 21 heavy (non-hydrogen) atoms. The molecule has 0 bridgehead atoms. The molecule has 0 aromatic heterocycles. The third kappa shape index (κ3) is 4.15. The summed E-state index contributed by atoms with van der Waals surface area (Å²) in [6.07, 6.45) is 0.385. The van der Waals surface area contributed by atoms with Crippen molar-refractivity contribution in [2.24, 2.45) is 5.92 Å². The van der Waals surface area contributed by atoms with Gasteiger partial charge in [0.1, 0.15) is 5.82 Å². The van der Waals surface area contributed by atoms with Crippen molar-refractivity contribution in [3.63, 3.8) is 0 Å². The third-order valence-corrected chi connectivity index (χ3v) is 4.28. The van der Waals surface area contributed by atoms with Crippen molar-refractivity contribution in [3.05, 3.63) is 34.6 Å². The highest BCUT2D eigenvalue weighted by molar-refractivity contribution is 6.31. The van der Waals surface area contributed by atoms with Crippen LogP contribution < -0.4 is 0 Å². The molecule has 0 saturated carbocycles. The first-order valence-corrected chi connectivity index (χ1v) is 7.31. The van der Waals surface area contributed by atoms with E-state index in [4.69, 9.17) is 11.6 Å². The Morgan fingerprint density at radius 1 is 1.52 bits per heavy atom. The number of carbonyl (C=O) groups excluding carboxylic acids is 1. The molecule has 0 radical (unpaired) electrons. The molecule has 0 amide bonds. The molecule has 1 aliphatic heterocycles. The first-order valence-electron chi connectivity index (χ1n) is 6.93. The van der Waals surface area contributed by atoms with E-state index >= 15 is 0 Å². The Kier molecular flexibility index (Phi) is 5.56. The monoisotopic (exact) mass is 315 g/mol. The molecule has 1 heterocycles. The average Bonchev–Trinajstić information content (AvgIpc) is 2.49. The fraction of sp³-hybridized carbons (Fsp3) is 0.533. The van der Waals surface area contributed by atoms with Gasteiger partial charge in [0, 0.05) is 11.6 Å². The molecule has 0 aliphatic carbocycles. The molecule has 0 spiro atoms. The molecular formula is C15H19ClFNO3. The molecule has 1 saturated heterocycles. The molecule has 6 heteroatoms. The Balaban J connectivity index is 1.88. The summed E-state index contributed by atoms with van der Waals surface area (Å²) >= 11 is 6.02. The molecule has 1 aromatic rings. The zero-order valence-corrected chi connectivity index (χ0v) is 12.6. The average molecular weight is 316 g/mol. The van der Waals surface area contributed by atoms with Crippen molar-refractivity contribution in [2.75, 3.05) is 20.2 Å². The van der Waals surface area contributed by atoms with Crippen molar-refractivity contribution in [1.82, 2.24) is 4.90 Å². The summed E-state index contributed by atoms with van der Waals surface area (Å²) in [4.78, 5) is 13.5. The van der Waals surface area contributed by atoms with E-state index in [1.807, 2.05) is 0 Å². The normalized spacial score (nSPS) is 18.5. The van der Waals surface area contributed by atoms with Crippen molar-refractivity contribution < 1.29 is 19.0 Å². The molecule has 1 aromatic carbocycles. The topological polar surface area (TPSA) is 49.8 Å². The number of hydrogen-bond acceptors (Lipinski definition) is 4. The number of esters is 1. The second kappa shape index (κ2) is 7.20. The van der Waals surface area contributed by atoms with Crippen LogP contribution in [0, 0.1) is 11.7 Å². The van der Waals surface area contributed by atoms with Crippen molar-refractivity contribution in [1.29, 1.82) is 0 Å². The Labute approximate surface area is 128 Å². The lowest BCUT2D eigenvalue weighted by atomic mass is 9.91. The van der Waals surface area contributed by atoms with Crippen molar-refractivity contribution >= 4 is 17.6 Å². The predicted octanol–water partition coefficient (Wildman–Crippen LogP) is 2.22. The highest BCUT2D eigenvalue weighted by atomic mass is 35.5. The van der Waals surface area contributed by atoms with E-state index in [2.05, 4.69) is 9.64 Å². The summed E-state index contributed by atoms with van der Waals surface area (Å²) in [6.45, 7) is 2.15. The van der Waals surface area contributed by atoms with Gasteiger partial charge in [-0.1, -0.05) is 17.7 Å². The van der Waals surface area contributed by atoms with E-state index in [-0.39, 0.29) is 11.7 Å². The van der Waals surface area contributed by atoms with Crippen LogP contribution in [0.1, 0.15) is 18.4 Å². The number of ether oxygens (including phenoxy) is 1. The minimum Gasteiger partial charge on any atom is -0.467 e. The Hall–Kier alpha value is -1.17. The predicted molar refractivity (Wildman–Crippen MR) is 77.4 cm³/mol. The Morgan fingerprint density at radius 2 is 2.19 bits per heavy atom. The SMILES string of the molecule is COC(=O)C(O)C1CCN(Cc2ccc(F)cc2Cl)CC1. The molecule has 1 fully saturated rings. The van der Waals surface area contributed by atoms with Gasteiger partial charge in [-0.15, -0.1) is 0 Å². The lowest BCUT2D eigenvalue weighted by molar-refractivity contribution is -0.154. The molecule has 1 N–H and O–H groups in total. The molecule has 1 aliphatic rings. The number of likely N-dealkylation sites (tertiary alicyclic amines) is 1. The standard InChI is InChI=1S/C15H19ClFNO3/c1-21-15(20)14(19)10-4-6-18(7-5-10)9-11-2-3-12(17)8-13(11)16/h2-3,8,10,14,19H,4-7,9H2,1H3. The highest BCUT2D eigenvalue weighted by Gasteiger charge is 2.30. The van der Waals surface area contributed by atoms with Gasteiger partial charge >= 0.3 is 5.97 Å². The maximum Gasteiger partial charge on any atom is 0.334 e. The van der Waals surface area contributed by atoms with Gasteiger partial charge in [0.25, 0.3) is 0 Å². The number of benzene rings is 1. The van der Waals surface area contributed by atoms with Crippen LogP contribution in [0.25, 0.3) is 0 Å². The van der Waals surface area contributed by atoms with Gasteiger partial charge < -0.3 is 9.84 Å². The number of rotatable bonds is 4. The van der Waals surface area contributed by atoms with Crippen LogP contribution in [0.15, 0.2) is 18.2 Å². The van der Waals surface area contributed by atoms with Crippen molar-refractivity contribution in [2.45, 2.75) is 25.5 Å². The van der Waals surface area contributed by atoms with Gasteiger partial charge in [0.2, 0.25) is 0 Å². The number of methoxy groups -OCH3 is 1. The highest BCUT2D eigenvalue weighted by Crippen LogP contribution is 2.25. The minimum atomic E-state index is -1.05. The maximum absolute atomic E-state index is 13.0. The third-order valence-electron chi connectivity index (χ3n) is 3.93. The van der Waals surface area contributed by atoms with Gasteiger partial charge in [-0.05, 0) is 49.5 Å². The first-order chi connectivity index (χ1) is 10.0. The van der Waals surface area contributed by atoms with Crippen LogP contribution in [0.3, 0.4) is 0 Å². The quantitative estimate of drug-likeness (QED) is 0.866. The number of aliphatic hydroxyl groups is 1. The molecule has 116 valence electrons. The Bertz CT molecular complexity index is 504. The van der Waals surface area contributed by atoms with Gasteiger partial charge in [0.05, 0.1) is 7.11 Å². The van der Waals surface area contributed by atoms with E-state index in [0.717, 1.165) is 31.5 Å². The van der Waals surface area contributed by atoms with E-state index < -0.39 is 12.1 Å². The molecular weight excluding hydrogens is 297 g/mol. The maximum atomic E-state index is 13.0. The van der Waals surface area contributed by atoms with Crippen LogP contribution in [0.5, 0.6) is 0 Å². The number of aliphatic hydroxyl groups excluding tert-OH is 1. The summed E-state index contributed by atoms with van der Waals surface area (Å²) in [5.74, 6) is -0.990. The first kappa shape index (κ1) is 16.2. The van der Waals surface area contributed by atoms with Crippen LogP contribution in [0.2, 0.25) is 5.02 Å². The zero-order chi connectivity index (χ0) is 15.4. The smallest absolute Gasteiger partial charge is 0.334 e. The fourth-order valence-corrected chi connectivity index (χ4v) is 2.86. The van der Waals surface area contributed by atoms with Gasteiger partial charge in [-0.3, -0.25) is 4.90 Å². The van der Waals surface area contributed by atoms with Crippen LogP contribution >= 0.6 is 11.6 Å². The summed E-state index contributed by atoms with van der Waals surface area (Å²) < 4.78 is 17.6. The van der Waals surface area contributed by atoms with E-state index in [9.17, 15) is 14.3 Å². The summed E-state index contributed by atoms with van der Waals surface area (Å²) in [6, 6.07) is 4.40.